The van der Waals surface area contributed by atoms with Gasteiger partial charge in [0.2, 0.25) is 0 Å². The fourth-order valence-corrected chi connectivity index (χ4v) is 33.2. The molecule has 0 fully saturated rings. The quantitative estimate of drug-likeness (QED) is 0.342. The van der Waals surface area contributed by atoms with Crippen LogP contribution in [0.25, 0.3) is 0 Å². The van der Waals surface area contributed by atoms with E-state index in [4.69, 9.17) is 12.3 Å². The van der Waals surface area contributed by atoms with Crippen molar-refractivity contribution in [2.24, 2.45) is 0 Å². The van der Waals surface area contributed by atoms with Gasteiger partial charge in [0.25, 0.3) is 7.83 Å². The second kappa shape index (κ2) is 11.3. The first-order valence-corrected chi connectivity index (χ1v) is 24.2. The lowest BCUT2D eigenvalue weighted by atomic mass is 10.4. The summed E-state index contributed by atoms with van der Waals surface area (Å²) in [5, 5.41) is 2.73. The highest BCUT2D eigenvalue weighted by atomic mass is 29.2. The van der Waals surface area contributed by atoms with Crippen LogP contribution in [0.15, 0.2) is 72.9 Å². The van der Waals surface area contributed by atoms with Gasteiger partial charge >= 0.3 is 0 Å². The lowest BCUT2D eigenvalue weighted by Gasteiger charge is -2.33. The van der Waals surface area contributed by atoms with Crippen molar-refractivity contribution in [1.82, 2.24) is 0 Å². The lowest BCUT2D eigenvalue weighted by molar-refractivity contribution is 0.590. The minimum absolute atomic E-state index is 0.553. The molecule has 0 saturated carbocycles. The van der Waals surface area contributed by atoms with Crippen LogP contribution in [-0.2, 0) is 12.3 Å². The zero-order chi connectivity index (χ0) is 18.8. The molecule has 2 aromatic rings. The Morgan fingerprint density at radius 1 is 0.846 bits per heavy atom. The van der Waals surface area contributed by atoms with Gasteiger partial charge in [-0.25, -0.2) is 0 Å². The molecule has 0 aliphatic rings. The van der Waals surface area contributed by atoms with E-state index in [1.54, 1.807) is 0 Å². The Morgan fingerprint density at radius 2 is 1.38 bits per heavy atom. The molecule has 0 heterocycles. The average Bonchev–Trinajstić information content (AvgIpc) is 2.68. The average molecular weight is 451 g/mol. The Balaban J connectivity index is 2.31. The molecule has 26 heavy (non-hydrogen) atoms. The largest absolute Gasteiger partial charge is 0.462 e. The van der Waals surface area contributed by atoms with E-state index in [9.17, 15) is 0 Å². The molecule has 0 N–H and O–H groups in total. The molecule has 0 aromatic heterocycles. The summed E-state index contributed by atoms with van der Waals surface area (Å²) in [4.78, 5) is 0. The van der Waals surface area contributed by atoms with Crippen LogP contribution < -0.4 is 10.4 Å². The number of hydrogen-bond acceptors (Lipinski definition) is 3. The lowest BCUT2D eigenvalue weighted by Crippen LogP contribution is -2.67. The Morgan fingerprint density at radius 3 is 1.85 bits per heavy atom. The maximum atomic E-state index is 6.91. The van der Waals surface area contributed by atoms with E-state index in [2.05, 4.69) is 86.9 Å². The minimum atomic E-state index is -2.24. The smallest absolute Gasteiger partial charge is 0.252 e. The van der Waals surface area contributed by atoms with Crippen molar-refractivity contribution in [2.45, 2.75) is 19.6 Å². The van der Waals surface area contributed by atoms with Gasteiger partial charge in [0, 0.05) is 0 Å². The first-order chi connectivity index (χ1) is 12.6. The molecule has 2 aromatic carbocycles. The molecule has 0 radical (unpaired) electrons. The summed E-state index contributed by atoms with van der Waals surface area (Å²) >= 11 is 0. The molecule has 140 valence electrons. The van der Waals surface area contributed by atoms with Gasteiger partial charge in [-0.1, -0.05) is 66.4 Å². The highest BCUT2D eigenvalue weighted by molar-refractivity contribution is 7.35. The summed E-state index contributed by atoms with van der Waals surface area (Å²) in [6.07, 6.45) is 0. The number of hydrogen-bond donors (Lipinski definition) is 0. The standard InChI is InChI=1S/C17H30O3Si6/c1-5-25(4)18-21-22-20-26(23-19-24(2)3,16-12-8-6-9-13-16)17-14-10-7-11-15-17/h5-15,24-25H,1,21-23H2,2-4H3. The van der Waals surface area contributed by atoms with Gasteiger partial charge in [-0.2, -0.15) is 0 Å². The van der Waals surface area contributed by atoms with Gasteiger partial charge in [-0.3, -0.25) is 0 Å². The van der Waals surface area contributed by atoms with Crippen LogP contribution in [0.4, 0.5) is 0 Å². The van der Waals surface area contributed by atoms with Crippen molar-refractivity contribution in [1.29, 1.82) is 0 Å². The molecule has 1 unspecified atom stereocenters. The minimum Gasteiger partial charge on any atom is -0.462 e. The van der Waals surface area contributed by atoms with Gasteiger partial charge in [0.15, 0.2) is 45.9 Å². The monoisotopic (exact) mass is 450 g/mol. The van der Waals surface area contributed by atoms with E-state index >= 15 is 0 Å². The first kappa shape index (κ1) is 21.7. The van der Waals surface area contributed by atoms with Crippen molar-refractivity contribution in [2.75, 3.05) is 0 Å². The van der Waals surface area contributed by atoms with Crippen LogP contribution in [0, 0.1) is 0 Å². The Bertz CT molecular complexity index is 617. The highest BCUT2D eigenvalue weighted by Crippen LogP contribution is 2.08. The van der Waals surface area contributed by atoms with E-state index in [0.29, 0.717) is 0 Å². The summed E-state index contributed by atoms with van der Waals surface area (Å²) in [6.45, 7) is 10.6. The van der Waals surface area contributed by atoms with Crippen LogP contribution in [0.1, 0.15) is 0 Å². The molecular weight excluding hydrogens is 421 g/mol. The van der Waals surface area contributed by atoms with Crippen LogP contribution in [-0.4, -0.2) is 53.8 Å². The van der Waals surface area contributed by atoms with E-state index in [0.717, 1.165) is 0 Å². The second-order valence-electron chi connectivity index (χ2n) is 6.58. The second-order valence-corrected chi connectivity index (χ2v) is 24.6. The zero-order valence-corrected chi connectivity index (χ0v) is 23.6. The Labute approximate surface area is 168 Å². The summed E-state index contributed by atoms with van der Waals surface area (Å²) in [5.41, 5.74) is 2.00. The normalized spacial score (nSPS) is 14.3. The van der Waals surface area contributed by atoms with Crippen molar-refractivity contribution >= 4 is 64.1 Å². The predicted octanol–water partition coefficient (Wildman–Crippen LogP) is -0.479. The molecule has 2 rings (SSSR count). The van der Waals surface area contributed by atoms with Crippen molar-refractivity contribution < 1.29 is 12.3 Å². The van der Waals surface area contributed by atoms with E-state index in [1.165, 1.54) is 10.4 Å². The maximum Gasteiger partial charge on any atom is 0.252 e. The molecule has 0 spiro atoms. The van der Waals surface area contributed by atoms with Crippen LogP contribution >= 0.6 is 0 Å². The summed E-state index contributed by atoms with van der Waals surface area (Å²) < 4.78 is 19.4. The van der Waals surface area contributed by atoms with Crippen molar-refractivity contribution in [3.8, 4) is 0 Å². The van der Waals surface area contributed by atoms with Gasteiger partial charge < -0.3 is 12.3 Å². The molecule has 0 aliphatic carbocycles. The fraction of sp³-hybridized carbons (Fsp3) is 0.176. The molecule has 0 amide bonds. The predicted molar refractivity (Wildman–Crippen MR) is 129 cm³/mol. The number of rotatable bonds is 11. The van der Waals surface area contributed by atoms with Crippen LogP contribution in [0.2, 0.25) is 19.6 Å². The summed E-state index contributed by atoms with van der Waals surface area (Å²) in [6, 6.07) is 21.7. The van der Waals surface area contributed by atoms with Gasteiger partial charge in [-0.15, -0.1) is 6.58 Å². The third-order valence-electron chi connectivity index (χ3n) is 4.24. The third kappa shape index (κ3) is 6.21. The number of benzene rings is 2. The third-order valence-corrected chi connectivity index (χ3v) is 28.6. The first-order valence-electron chi connectivity index (χ1n) is 9.19. The zero-order valence-electron chi connectivity index (χ0n) is 16.1. The topological polar surface area (TPSA) is 27.7 Å². The molecular formula is C17H30O3Si6. The Hall–Kier alpha value is -0.639. The molecule has 1 atom stereocenters. The van der Waals surface area contributed by atoms with Crippen LogP contribution in [0.3, 0.4) is 0 Å². The molecule has 3 nitrogen and oxygen atoms in total. The SMILES string of the molecule is C=C[SiH](C)O[SiH2][SiH2]O[Si]([SiH2]O[SiH](C)C)(c1ccccc1)c1ccccc1. The van der Waals surface area contributed by atoms with Crippen LogP contribution in [0.5, 0.6) is 0 Å². The Kier molecular flexibility index (Phi) is 9.38. The summed E-state index contributed by atoms with van der Waals surface area (Å²) in [5.74, 6) is 0. The fourth-order valence-electron chi connectivity index (χ4n) is 2.76. The van der Waals surface area contributed by atoms with Gasteiger partial charge in [-0.05, 0) is 30.0 Å². The van der Waals surface area contributed by atoms with Crippen molar-refractivity contribution in [3.63, 3.8) is 0 Å². The van der Waals surface area contributed by atoms with E-state index in [-0.39, 0.29) is 0 Å². The maximum absolute atomic E-state index is 6.91. The summed E-state index contributed by atoms with van der Waals surface area (Å²) in [7, 11) is -6.48. The van der Waals surface area contributed by atoms with E-state index in [1.807, 2.05) is 5.70 Å². The van der Waals surface area contributed by atoms with Gasteiger partial charge in [0.1, 0.15) is 0 Å². The highest BCUT2D eigenvalue weighted by Gasteiger charge is 2.40. The van der Waals surface area contributed by atoms with Gasteiger partial charge in [0.05, 0.1) is 0 Å². The molecule has 0 aliphatic heterocycles. The molecule has 0 saturated heterocycles. The van der Waals surface area contributed by atoms with Crippen molar-refractivity contribution in [3.05, 3.63) is 72.9 Å². The van der Waals surface area contributed by atoms with E-state index < -0.39 is 53.8 Å². The molecule has 9 heteroatoms. The molecule has 0 bridgehead atoms.